The highest BCUT2D eigenvalue weighted by Gasteiger charge is 2.17. The minimum absolute atomic E-state index is 0.0117. The molecule has 0 aliphatic heterocycles. The fourth-order valence-electron chi connectivity index (χ4n) is 2.00. The van der Waals surface area contributed by atoms with Crippen LogP contribution < -0.4 is 19.5 Å². The number of carbonyl (C=O) groups is 1. The summed E-state index contributed by atoms with van der Waals surface area (Å²) in [5, 5.41) is 6.13. The number of aryl methyl sites for hydroxylation is 1. The lowest BCUT2D eigenvalue weighted by Gasteiger charge is -2.11. The maximum Gasteiger partial charge on any atom is 0.240 e. The van der Waals surface area contributed by atoms with Crippen LogP contribution in [-0.4, -0.2) is 40.2 Å². The summed E-state index contributed by atoms with van der Waals surface area (Å²) in [5.74, 6) is 1.17. The Hall–Kier alpha value is -2.59. The number of hydrogen-bond donors (Lipinski definition) is 2. The van der Waals surface area contributed by atoms with Gasteiger partial charge in [-0.1, -0.05) is 5.16 Å². The average molecular weight is 369 g/mol. The Morgan fingerprint density at radius 3 is 2.52 bits per heavy atom. The molecule has 2 aromatic rings. The van der Waals surface area contributed by atoms with E-state index in [1.807, 2.05) is 0 Å². The van der Waals surface area contributed by atoms with E-state index in [1.165, 1.54) is 32.4 Å². The molecule has 1 heterocycles. The molecule has 1 aromatic heterocycles. The molecule has 0 atom stereocenters. The molecule has 0 radical (unpaired) electrons. The second-order valence-corrected chi connectivity index (χ2v) is 6.80. The van der Waals surface area contributed by atoms with Gasteiger partial charge in [0.05, 0.1) is 19.1 Å². The van der Waals surface area contributed by atoms with E-state index in [0.29, 0.717) is 17.3 Å². The molecule has 25 heavy (non-hydrogen) atoms. The van der Waals surface area contributed by atoms with Gasteiger partial charge >= 0.3 is 0 Å². The molecule has 0 fully saturated rings. The van der Waals surface area contributed by atoms with Crippen molar-refractivity contribution in [3.63, 3.8) is 0 Å². The molecule has 136 valence electrons. The average Bonchev–Trinajstić information content (AvgIpc) is 2.98. The lowest BCUT2D eigenvalue weighted by atomic mass is 10.3. The van der Waals surface area contributed by atoms with Crippen molar-refractivity contribution in [2.75, 3.05) is 26.1 Å². The predicted octanol–water partition coefficient (Wildman–Crippen LogP) is 1.31. The van der Waals surface area contributed by atoms with Crippen molar-refractivity contribution in [3.05, 3.63) is 30.0 Å². The molecule has 0 bridgehead atoms. The van der Waals surface area contributed by atoms with Gasteiger partial charge < -0.3 is 19.3 Å². The third-order valence-electron chi connectivity index (χ3n) is 3.20. The summed E-state index contributed by atoms with van der Waals surface area (Å²) in [4.78, 5) is 11.8. The minimum Gasteiger partial charge on any atom is -0.493 e. The van der Waals surface area contributed by atoms with Crippen LogP contribution in [0.3, 0.4) is 0 Å². The minimum atomic E-state index is -3.78. The Kier molecular flexibility index (Phi) is 5.99. The number of carbonyl (C=O) groups excluding carboxylic acids is 1. The standard InChI is InChI=1S/C15H19N3O6S/c1-10-8-14(18-24-10)17-15(19)6-7-16-25(20,21)11-4-5-12(22-2)13(9-11)23-3/h4-5,8-9,16H,6-7H2,1-3H3,(H,17,18,19). The Balaban J connectivity index is 1.94. The fourth-order valence-corrected chi connectivity index (χ4v) is 3.04. The number of rotatable bonds is 8. The zero-order valence-electron chi connectivity index (χ0n) is 14.0. The maximum atomic E-state index is 12.3. The highest BCUT2D eigenvalue weighted by atomic mass is 32.2. The zero-order valence-corrected chi connectivity index (χ0v) is 14.8. The topological polar surface area (TPSA) is 120 Å². The van der Waals surface area contributed by atoms with Gasteiger partial charge in [-0.2, -0.15) is 0 Å². The van der Waals surface area contributed by atoms with Crippen molar-refractivity contribution in [2.24, 2.45) is 0 Å². The molecular weight excluding hydrogens is 350 g/mol. The smallest absolute Gasteiger partial charge is 0.240 e. The lowest BCUT2D eigenvalue weighted by molar-refractivity contribution is -0.116. The molecule has 0 aliphatic carbocycles. The van der Waals surface area contributed by atoms with E-state index in [9.17, 15) is 13.2 Å². The number of aromatic nitrogens is 1. The van der Waals surface area contributed by atoms with Crippen LogP contribution in [0.2, 0.25) is 0 Å². The van der Waals surface area contributed by atoms with Crippen molar-refractivity contribution >= 4 is 21.7 Å². The van der Waals surface area contributed by atoms with Gasteiger partial charge in [-0.05, 0) is 19.1 Å². The van der Waals surface area contributed by atoms with Crippen molar-refractivity contribution in [1.29, 1.82) is 0 Å². The number of amides is 1. The van der Waals surface area contributed by atoms with Gasteiger partial charge in [0, 0.05) is 25.1 Å². The molecular formula is C15H19N3O6S. The van der Waals surface area contributed by atoms with Crippen molar-refractivity contribution in [2.45, 2.75) is 18.2 Å². The normalized spacial score (nSPS) is 11.2. The van der Waals surface area contributed by atoms with Gasteiger partial charge in [0.1, 0.15) is 5.76 Å². The van der Waals surface area contributed by atoms with Crippen LogP contribution in [0.1, 0.15) is 12.2 Å². The number of sulfonamides is 1. The predicted molar refractivity (Wildman–Crippen MR) is 89.2 cm³/mol. The van der Waals surface area contributed by atoms with Crippen LogP contribution in [0.4, 0.5) is 5.82 Å². The Morgan fingerprint density at radius 2 is 1.92 bits per heavy atom. The number of nitrogens with zero attached hydrogens (tertiary/aromatic N) is 1. The van der Waals surface area contributed by atoms with Crippen LogP contribution in [0, 0.1) is 6.92 Å². The Labute approximate surface area is 145 Å². The van der Waals surface area contributed by atoms with E-state index in [4.69, 9.17) is 14.0 Å². The van der Waals surface area contributed by atoms with Crippen molar-refractivity contribution in [3.8, 4) is 11.5 Å². The summed E-state index contributed by atoms with van der Waals surface area (Å²) in [7, 11) is -0.910. The molecule has 9 nitrogen and oxygen atoms in total. The number of anilines is 1. The highest BCUT2D eigenvalue weighted by molar-refractivity contribution is 7.89. The molecule has 0 saturated carbocycles. The summed E-state index contributed by atoms with van der Waals surface area (Å²) in [6.45, 7) is 1.62. The van der Waals surface area contributed by atoms with Crippen molar-refractivity contribution in [1.82, 2.24) is 9.88 Å². The van der Waals surface area contributed by atoms with E-state index in [-0.39, 0.29) is 29.6 Å². The van der Waals surface area contributed by atoms with E-state index in [0.717, 1.165) is 0 Å². The molecule has 0 unspecified atom stereocenters. The first-order chi connectivity index (χ1) is 11.9. The van der Waals surface area contributed by atoms with Crippen LogP contribution in [-0.2, 0) is 14.8 Å². The first-order valence-electron chi connectivity index (χ1n) is 7.30. The first kappa shape index (κ1) is 18.7. The maximum absolute atomic E-state index is 12.3. The molecule has 0 spiro atoms. The molecule has 0 aliphatic rings. The van der Waals surface area contributed by atoms with E-state index in [1.54, 1.807) is 13.0 Å². The summed E-state index contributed by atoms with van der Waals surface area (Å²) >= 11 is 0. The van der Waals surface area contributed by atoms with Gasteiger partial charge in [-0.3, -0.25) is 4.79 Å². The number of nitrogens with one attached hydrogen (secondary N) is 2. The molecule has 0 saturated heterocycles. The second kappa shape index (κ2) is 7.99. The van der Waals surface area contributed by atoms with Crippen LogP contribution in [0.15, 0.2) is 33.7 Å². The third-order valence-corrected chi connectivity index (χ3v) is 4.66. The molecule has 1 aromatic carbocycles. The van der Waals surface area contributed by atoms with E-state index < -0.39 is 10.0 Å². The monoisotopic (exact) mass is 369 g/mol. The second-order valence-electron chi connectivity index (χ2n) is 5.04. The van der Waals surface area contributed by atoms with Crippen LogP contribution >= 0.6 is 0 Å². The molecule has 10 heteroatoms. The van der Waals surface area contributed by atoms with Gasteiger partial charge in [0.15, 0.2) is 17.3 Å². The number of ether oxygens (including phenoxy) is 2. The van der Waals surface area contributed by atoms with Gasteiger partial charge in [0.25, 0.3) is 0 Å². The lowest BCUT2D eigenvalue weighted by Crippen LogP contribution is -2.28. The number of hydrogen-bond acceptors (Lipinski definition) is 7. The highest BCUT2D eigenvalue weighted by Crippen LogP contribution is 2.29. The Morgan fingerprint density at radius 1 is 1.20 bits per heavy atom. The number of methoxy groups -OCH3 is 2. The third kappa shape index (κ3) is 4.94. The summed E-state index contributed by atoms with van der Waals surface area (Å²) in [5.41, 5.74) is 0. The van der Waals surface area contributed by atoms with Crippen molar-refractivity contribution < 1.29 is 27.2 Å². The number of benzene rings is 1. The van der Waals surface area contributed by atoms with Gasteiger partial charge in [0.2, 0.25) is 15.9 Å². The molecule has 2 N–H and O–H groups in total. The first-order valence-corrected chi connectivity index (χ1v) is 8.79. The molecule has 2 rings (SSSR count). The van der Waals surface area contributed by atoms with Crippen LogP contribution in [0.25, 0.3) is 0 Å². The van der Waals surface area contributed by atoms with Crippen LogP contribution in [0.5, 0.6) is 11.5 Å². The fraction of sp³-hybridized carbons (Fsp3) is 0.333. The van der Waals surface area contributed by atoms with E-state index >= 15 is 0 Å². The zero-order chi connectivity index (χ0) is 18.4. The Bertz CT molecular complexity index is 847. The summed E-state index contributed by atoms with van der Waals surface area (Å²) in [6.07, 6.45) is -0.0571. The van der Waals surface area contributed by atoms with E-state index in [2.05, 4.69) is 15.2 Å². The largest absolute Gasteiger partial charge is 0.493 e. The quantitative estimate of drug-likeness (QED) is 0.720. The SMILES string of the molecule is COc1ccc(S(=O)(=O)NCCC(=O)Nc2cc(C)on2)cc1OC. The summed E-state index contributed by atoms with van der Waals surface area (Å²) in [6, 6.07) is 5.79. The summed E-state index contributed by atoms with van der Waals surface area (Å²) < 4.78 is 41.9. The molecule has 1 amide bonds. The van der Waals surface area contributed by atoms with Gasteiger partial charge in [-0.15, -0.1) is 0 Å². The van der Waals surface area contributed by atoms with Gasteiger partial charge in [-0.25, -0.2) is 13.1 Å².